The molecular formula is C16H20FN3O. The lowest BCUT2D eigenvalue weighted by Crippen LogP contribution is -2.44. The minimum atomic E-state index is -0.487. The highest BCUT2D eigenvalue weighted by atomic mass is 19.1. The van der Waals surface area contributed by atoms with E-state index in [-0.39, 0.29) is 17.6 Å². The number of amides is 1. The van der Waals surface area contributed by atoms with Crippen LogP contribution in [0.15, 0.2) is 24.3 Å². The maximum atomic E-state index is 13.4. The highest BCUT2D eigenvalue weighted by Crippen LogP contribution is 2.25. The molecule has 0 aromatic heterocycles. The lowest BCUT2D eigenvalue weighted by atomic mass is 9.97. The standard InChI is InChI=1S/C16H20FN3O/c1-19(2)15(13-4-3-5-14(17)10-13)16(21)20-8-6-12(11-18)7-9-20/h3-5,10,12,15H,6-9H2,1-2H3. The third kappa shape index (κ3) is 3.59. The molecule has 1 heterocycles. The van der Waals surface area contributed by atoms with Crippen LogP contribution in [0.4, 0.5) is 4.39 Å². The Bertz CT molecular complexity index is 545. The Morgan fingerprint density at radius 1 is 1.43 bits per heavy atom. The molecule has 1 aliphatic rings. The summed E-state index contributed by atoms with van der Waals surface area (Å²) in [6.45, 7) is 1.19. The second-order valence-corrected chi connectivity index (χ2v) is 5.65. The number of carbonyl (C=O) groups excluding carboxylic acids is 1. The first-order chi connectivity index (χ1) is 10.0. The molecule has 0 N–H and O–H groups in total. The molecule has 112 valence electrons. The minimum absolute atomic E-state index is 0.0259. The van der Waals surface area contributed by atoms with Crippen molar-refractivity contribution in [2.45, 2.75) is 18.9 Å². The molecule has 0 radical (unpaired) electrons. The molecule has 0 spiro atoms. The molecule has 21 heavy (non-hydrogen) atoms. The Morgan fingerprint density at radius 3 is 2.62 bits per heavy atom. The number of likely N-dealkylation sites (tertiary alicyclic amines) is 1. The molecule has 1 amide bonds. The van der Waals surface area contributed by atoms with Gasteiger partial charge < -0.3 is 4.90 Å². The topological polar surface area (TPSA) is 47.3 Å². The number of carbonyl (C=O) groups is 1. The third-order valence-electron chi connectivity index (χ3n) is 3.90. The number of piperidine rings is 1. The van der Waals surface area contributed by atoms with Crippen LogP contribution in [0.2, 0.25) is 0 Å². The highest BCUT2D eigenvalue weighted by Gasteiger charge is 2.30. The van der Waals surface area contributed by atoms with Crippen LogP contribution < -0.4 is 0 Å². The van der Waals surface area contributed by atoms with Crippen molar-refractivity contribution in [1.29, 1.82) is 5.26 Å². The number of rotatable bonds is 3. The SMILES string of the molecule is CN(C)C(C(=O)N1CCC(C#N)CC1)c1cccc(F)c1. The van der Waals surface area contributed by atoms with Gasteiger partial charge in [0, 0.05) is 19.0 Å². The quantitative estimate of drug-likeness (QED) is 0.857. The maximum absolute atomic E-state index is 13.4. The number of nitriles is 1. The summed E-state index contributed by atoms with van der Waals surface area (Å²) in [6.07, 6.45) is 1.43. The zero-order valence-electron chi connectivity index (χ0n) is 12.4. The molecule has 2 rings (SSSR count). The fourth-order valence-corrected chi connectivity index (χ4v) is 2.74. The summed E-state index contributed by atoms with van der Waals surface area (Å²) in [5.41, 5.74) is 0.660. The molecule has 0 aliphatic carbocycles. The van der Waals surface area contributed by atoms with Gasteiger partial charge in [-0.2, -0.15) is 5.26 Å². The second-order valence-electron chi connectivity index (χ2n) is 5.65. The summed E-state index contributed by atoms with van der Waals surface area (Å²) in [5, 5.41) is 8.92. The first-order valence-electron chi connectivity index (χ1n) is 7.13. The number of nitrogens with zero attached hydrogens (tertiary/aromatic N) is 3. The van der Waals surface area contributed by atoms with Crippen molar-refractivity contribution in [3.05, 3.63) is 35.6 Å². The van der Waals surface area contributed by atoms with Gasteiger partial charge in [0.05, 0.1) is 6.07 Å². The van der Waals surface area contributed by atoms with E-state index in [1.807, 2.05) is 14.1 Å². The summed E-state index contributed by atoms with van der Waals surface area (Å²) in [5.74, 6) is -0.321. The molecule has 1 atom stereocenters. The van der Waals surface area contributed by atoms with E-state index in [0.29, 0.717) is 31.5 Å². The zero-order chi connectivity index (χ0) is 15.4. The summed E-state index contributed by atoms with van der Waals surface area (Å²) in [7, 11) is 3.63. The molecule has 5 heteroatoms. The Hall–Kier alpha value is -1.93. The maximum Gasteiger partial charge on any atom is 0.244 e. The van der Waals surface area contributed by atoms with E-state index in [1.54, 1.807) is 21.9 Å². The largest absolute Gasteiger partial charge is 0.341 e. The number of halogens is 1. The van der Waals surface area contributed by atoms with E-state index in [2.05, 4.69) is 6.07 Å². The van der Waals surface area contributed by atoms with Crippen molar-refractivity contribution in [2.75, 3.05) is 27.2 Å². The summed E-state index contributed by atoms with van der Waals surface area (Å²) in [4.78, 5) is 16.3. The number of hydrogen-bond acceptors (Lipinski definition) is 3. The van der Waals surface area contributed by atoms with Crippen LogP contribution >= 0.6 is 0 Å². The molecular weight excluding hydrogens is 269 g/mol. The molecule has 1 unspecified atom stereocenters. The van der Waals surface area contributed by atoms with Gasteiger partial charge in [-0.25, -0.2) is 4.39 Å². The zero-order valence-corrected chi connectivity index (χ0v) is 12.4. The van der Waals surface area contributed by atoms with Gasteiger partial charge in [-0.05, 0) is 44.6 Å². The number of hydrogen-bond donors (Lipinski definition) is 0. The lowest BCUT2D eigenvalue weighted by Gasteiger charge is -2.34. The van der Waals surface area contributed by atoms with Gasteiger partial charge in [-0.15, -0.1) is 0 Å². The van der Waals surface area contributed by atoms with E-state index >= 15 is 0 Å². The Kier molecular flexibility index (Phi) is 4.92. The van der Waals surface area contributed by atoms with E-state index < -0.39 is 6.04 Å². The fraction of sp³-hybridized carbons (Fsp3) is 0.500. The van der Waals surface area contributed by atoms with Crippen LogP contribution in [0.3, 0.4) is 0 Å². The number of likely N-dealkylation sites (N-methyl/N-ethyl adjacent to an activating group) is 1. The Labute approximate surface area is 124 Å². The smallest absolute Gasteiger partial charge is 0.244 e. The van der Waals surface area contributed by atoms with Crippen molar-refractivity contribution >= 4 is 5.91 Å². The lowest BCUT2D eigenvalue weighted by molar-refractivity contribution is -0.137. The van der Waals surface area contributed by atoms with Gasteiger partial charge in [0.25, 0.3) is 0 Å². The average Bonchev–Trinajstić information content (AvgIpc) is 2.47. The van der Waals surface area contributed by atoms with Gasteiger partial charge >= 0.3 is 0 Å². The predicted molar refractivity (Wildman–Crippen MR) is 77.7 cm³/mol. The molecule has 1 saturated heterocycles. The molecule has 1 fully saturated rings. The Morgan fingerprint density at radius 2 is 2.10 bits per heavy atom. The second kappa shape index (κ2) is 6.68. The van der Waals surface area contributed by atoms with Crippen molar-refractivity contribution in [1.82, 2.24) is 9.80 Å². The van der Waals surface area contributed by atoms with Crippen LogP contribution in [0.5, 0.6) is 0 Å². The summed E-state index contributed by atoms with van der Waals surface area (Å²) >= 11 is 0. The van der Waals surface area contributed by atoms with Gasteiger partial charge in [-0.3, -0.25) is 9.69 Å². The highest BCUT2D eigenvalue weighted by molar-refractivity contribution is 5.83. The molecule has 0 saturated carbocycles. The van der Waals surface area contributed by atoms with Gasteiger partial charge in [-0.1, -0.05) is 12.1 Å². The molecule has 1 aliphatic heterocycles. The van der Waals surface area contributed by atoms with Crippen LogP contribution in [-0.4, -0.2) is 42.9 Å². The molecule has 1 aromatic carbocycles. The average molecular weight is 289 g/mol. The van der Waals surface area contributed by atoms with Gasteiger partial charge in [0.2, 0.25) is 5.91 Å². The van der Waals surface area contributed by atoms with Gasteiger partial charge in [0.15, 0.2) is 0 Å². The fourth-order valence-electron chi connectivity index (χ4n) is 2.74. The van der Waals surface area contributed by atoms with E-state index in [4.69, 9.17) is 5.26 Å². The van der Waals surface area contributed by atoms with Crippen molar-refractivity contribution in [3.63, 3.8) is 0 Å². The normalized spacial score (nSPS) is 17.6. The summed E-state index contributed by atoms with van der Waals surface area (Å²) < 4.78 is 13.4. The van der Waals surface area contributed by atoms with Gasteiger partial charge in [0.1, 0.15) is 11.9 Å². The monoisotopic (exact) mass is 289 g/mol. The van der Waals surface area contributed by atoms with Crippen LogP contribution in [0.25, 0.3) is 0 Å². The molecule has 4 nitrogen and oxygen atoms in total. The summed E-state index contributed by atoms with van der Waals surface area (Å²) in [6, 6.07) is 7.94. The molecule has 1 aromatic rings. The first kappa shape index (κ1) is 15.5. The van der Waals surface area contributed by atoms with Crippen molar-refractivity contribution in [2.24, 2.45) is 5.92 Å². The minimum Gasteiger partial charge on any atom is -0.341 e. The Balaban J connectivity index is 2.16. The number of benzene rings is 1. The van der Waals surface area contributed by atoms with Crippen LogP contribution in [0.1, 0.15) is 24.4 Å². The first-order valence-corrected chi connectivity index (χ1v) is 7.13. The van der Waals surface area contributed by atoms with Crippen LogP contribution in [-0.2, 0) is 4.79 Å². The van der Waals surface area contributed by atoms with Crippen LogP contribution in [0, 0.1) is 23.1 Å². The van der Waals surface area contributed by atoms with E-state index in [9.17, 15) is 9.18 Å². The third-order valence-corrected chi connectivity index (χ3v) is 3.90. The molecule has 0 bridgehead atoms. The predicted octanol–water partition coefficient (Wildman–Crippen LogP) is 2.19. The van der Waals surface area contributed by atoms with Crippen molar-refractivity contribution in [3.8, 4) is 6.07 Å². The van der Waals surface area contributed by atoms with E-state index in [1.165, 1.54) is 12.1 Å². The van der Waals surface area contributed by atoms with Crippen molar-refractivity contribution < 1.29 is 9.18 Å². The van der Waals surface area contributed by atoms with E-state index in [0.717, 1.165) is 0 Å².